The van der Waals surface area contributed by atoms with Gasteiger partial charge < -0.3 is 5.32 Å². The fraction of sp³-hybridized carbons (Fsp3) is 0. The number of halogens is 2. The Balaban J connectivity index is 2.23. The van der Waals surface area contributed by atoms with Gasteiger partial charge in [-0.05, 0) is 34.1 Å². The second-order valence-corrected chi connectivity index (χ2v) is 4.46. The van der Waals surface area contributed by atoms with Crippen LogP contribution in [0.3, 0.4) is 0 Å². The van der Waals surface area contributed by atoms with Gasteiger partial charge in [-0.3, -0.25) is 9.78 Å². The molecule has 2 heterocycles. The van der Waals surface area contributed by atoms with Gasteiger partial charge in [0.2, 0.25) is 0 Å². The van der Waals surface area contributed by atoms with E-state index in [-0.39, 0.29) is 11.1 Å². The first kappa shape index (κ1) is 12.0. The quantitative estimate of drug-likeness (QED) is 0.867. The molecule has 0 aliphatic heterocycles. The number of nitrogens with zero attached hydrogens (tertiary/aromatic N) is 2. The Morgan fingerprint density at radius 3 is 2.94 bits per heavy atom. The van der Waals surface area contributed by atoms with Crippen molar-refractivity contribution in [2.75, 3.05) is 5.32 Å². The van der Waals surface area contributed by atoms with Gasteiger partial charge >= 0.3 is 0 Å². The van der Waals surface area contributed by atoms with Gasteiger partial charge in [0, 0.05) is 16.9 Å². The van der Waals surface area contributed by atoms with Gasteiger partial charge in [-0.15, -0.1) is 0 Å². The van der Waals surface area contributed by atoms with E-state index in [9.17, 15) is 4.79 Å². The van der Waals surface area contributed by atoms with Gasteiger partial charge in [0.15, 0.2) is 0 Å². The highest BCUT2D eigenvalue weighted by atomic mass is 79.9. The van der Waals surface area contributed by atoms with Crippen LogP contribution >= 0.6 is 27.5 Å². The van der Waals surface area contributed by atoms with E-state index in [1.807, 2.05) is 0 Å². The van der Waals surface area contributed by atoms with E-state index >= 15 is 0 Å². The molecule has 0 unspecified atom stereocenters. The largest absolute Gasteiger partial charge is 0.320 e. The zero-order valence-electron chi connectivity index (χ0n) is 8.52. The molecule has 0 bridgehead atoms. The molecule has 0 atom stereocenters. The summed E-state index contributed by atoms with van der Waals surface area (Å²) in [5, 5.41) is 2.84. The molecule has 0 spiro atoms. The Hall–Kier alpha value is -1.46. The van der Waals surface area contributed by atoms with Gasteiger partial charge in [-0.25, -0.2) is 4.98 Å². The zero-order valence-corrected chi connectivity index (χ0v) is 10.9. The summed E-state index contributed by atoms with van der Waals surface area (Å²) in [7, 11) is 0. The monoisotopic (exact) mass is 311 g/mol. The summed E-state index contributed by atoms with van der Waals surface area (Å²) in [6, 6.07) is 5.08. The summed E-state index contributed by atoms with van der Waals surface area (Å²) in [4.78, 5) is 19.7. The van der Waals surface area contributed by atoms with Crippen LogP contribution in [0.1, 0.15) is 10.4 Å². The molecule has 0 aliphatic rings. The van der Waals surface area contributed by atoms with E-state index in [1.54, 1.807) is 30.6 Å². The SMILES string of the molecule is O=C(Nc1cccnc1)c1cc(Br)cnc1Cl. The number of rotatable bonds is 2. The molecule has 0 fully saturated rings. The van der Waals surface area contributed by atoms with E-state index < -0.39 is 0 Å². The van der Waals surface area contributed by atoms with Gasteiger partial charge in [0.25, 0.3) is 5.91 Å². The predicted molar refractivity (Wildman–Crippen MR) is 69.1 cm³/mol. The molecule has 0 saturated carbocycles. The average Bonchev–Trinajstić information content (AvgIpc) is 2.33. The lowest BCUT2D eigenvalue weighted by atomic mass is 10.2. The number of anilines is 1. The van der Waals surface area contributed by atoms with Crippen molar-refractivity contribution in [1.82, 2.24) is 9.97 Å². The molecule has 0 aliphatic carbocycles. The maximum absolute atomic E-state index is 11.9. The molecule has 4 nitrogen and oxygen atoms in total. The molecule has 2 rings (SSSR count). The minimum Gasteiger partial charge on any atom is -0.320 e. The molecule has 17 heavy (non-hydrogen) atoms. The van der Waals surface area contributed by atoms with E-state index in [0.29, 0.717) is 15.7 Å². The molecular weight excluding hydrogens is 305 g/mol. The first-order valence-corrected chi connectivity index (χ1v) is 5.86. The van der Waals surface area contributed by atoms with Crippen LogP contribution in [0, 0.1) is 0 Å². The molecule has 0 aromatic carbocycles. The van der Waals surface area contributed by atoms with Gasteiger partial charge in [-0.2, -0.15) is 0 Å². The number of hydrogen-bond acceptors (Lipinski definition) is 3. The Bertz CT molecular complexity index is 548. The van der Waals surface area contributed by atoms with Gasteiger partial charge in [0.1, 0.15) is 5.15 Å². The van der Waals surface area contributed by atoms with E-state index in [1.165, 1.54) is 6.20 Å². The number of hydrogen-bond donors (Lipinski definition) is 1. The van der Waals surface area contributed by atoms with Crippen LogP contribution in [0.2, 0.25) is 5.15 Å². The van der Waals surface area contributed by atoms with Crippen LogP contribution in [-0.2, 0) is 0 Å². The maximum Gasteiger partial charge on any atom is 0.258 e. The van der Waals surface area contributed by atoms with Crippen LogP contribution in [0.4, 0.5) is 5.69 Å². The van der Waals surface area contributed by atoms with Crippen molar-refractivity contribution < 1.29 is 4.79 Å². The van der Waals surface area contributed by atoms with E-state index in [2.05, 4.69) is 31.2 Å². The minimum atomic E-state index is -0.322. The number of carbonyl (C=O) groups is 1. The lowest BCUT2D eigenvalue weighted by Crippen LogP contribution is -2.13. The summed E-state index contributed by atoms with van der Waals surface area (Å²) in [6.45, 7) is 0. The predicted octanol–water partition coefficient (Wildman–Crippen LogP) is 3.14. The topological polar surface area (TPSA) is 54.9 Å². The molecule has 1 amide bonds. The number of nitrogens with one attached hydrogen (secondary N) is 1. The van der Waals surface area contributed by atoms with Crippen molar-refractivity contribution in [3.05, 3.63) is 52.0 Å². The lowest BCUT2D eigenvalue weighted by Gasteiger charge is -2.05. The standard InChI is InChI=1S/C11H7BrClN3O/c12-7-4-9(10(13)15-5-7)11(17)16-8-2-1-3-14-6-8/h1-6H,(H,16,17). The molecule has 6 heteroatoms. The Morgan fingerprint density at radius 2 is 2.24 bits per heavy atom. The maximum atomic E-state index is 11.9. The Labute approximate surface area is 111 Å². The van der Waals surface area contributed by atoms with Crippen molar-refractivity contribution >= 4 is 39.1 Å². The summed E-state index contributed by atoms with van der Waals surface area (Å²) in [5.74, 6) is -0.322. The minimum absolute atomic E-state index is 0.162. The molecule has 1 N–H and O–H groups in total. The summed E-state index contributed by atoms with van der Waals surface area (Å²) < 4.78 is 0.693. The van der Waals surface area contributed by atoms with Gasteiger partial charge in [-0.1, -0.05) is 11.6 Å². The summed E-state index contributed by atoms with van der Waals surface area (Å²) in [5.41, 5.74) is 0.915. The number of carbonyl (C=O) groups excluding carboxylic acids is 1. The zero-order chi connectivity index (χ0) is 12.3. The molecular formula is C11H7BrClN3O. The van der Waals surface area contributed by atoms with Crippen molar-refractivity contribution in [3.63, 3.8) is 0 Å². The fourth-order valence-corrected chi connectivity index (χ4v) is 1.74. The summed E-state index contributed by atoms with van der Waals surface area (Å²) in [6.07, 6.45) is 4.71. The van der Waals surface area contributed by atoms with Crippen LogP contribution in [-0.4, -0.2) is 15.9 Å². The van der Waals surface area contributed by atoms with Crippen molar-refractivity contribution in [2.24, 2.45) is 0 Å². The summed E-state index contributed by atoms with van der Waals surface area (Å²) >= 11 is 9.09. The highest BCUT2D eigenvalue weighted by Gasteiger charge is 2.12. The smallest absolute Gasteiger partial charge is 0.258 e. The molecule has 0 saturated heterocycles. The van der Waals surface area contributed by atoms with Crippen LogP contribution in [0.25, 0.3) is 0 Å². The third kappa shape index (κ3) is 3.01. The second-order valence-electron chi connectivity index (χ2n) is 3.19. The third-order valence-electron chi connectivity index (χ3n) is 1.97. The second kappa shape index (κ2) is 5.25. The number of amides is 1. The third-order valence-corrected chi connectivity index (χ3v) is 2.70. The number of aromatic nitrogens is 2. The number of pyridine rings is 2. The normalized spacial score (nSPS) is 10.0. The highest BCUT2D eigenvalue weighted by Crippen LogP contribution is 2.19. The van der Waals surface area contributed by atoms with Crippen molar-refractivity contribution in [1.29, 1.82) is 0 Å². The van der Waals surface area contributed by atoms with E-state index in [4.69, 9.17) is 11.6 Å². The lowest BCUT2D eigenvalue weighted by molar-refractivity contribution is 0.102. The first-order valence-electron chi connectivity index (χ1n) is 4.69. The molecule has 0 radical (unpaired) electrons. The highest BCUT2D eigenvalue weighted by molar-refractivity contribution is 9.10. The Morgan fingerprint density at radius 1 is 1.41 bits per heavy atom. The first-order chi connectivity index (χ1) is 8.16. The van der Waals surface area contributed by atoms with Crippen LogP contribution < -0.4 is 5.32 Å². The molecule has 86 valence electrons. The Kier molecular flexibility index (Phi) is 3.71. The molecule has 2 aromatic heterocycles. The van der Waals surface area contributed by atoms with Gasteiger partial charge in [0.05, 0.1) is 17.4 Å². The van der Waals surface area contributed by atoms with Crippen LogP contribution in [0.5, 0.6) is 0 Å². The van der Waals surface area contributed by atoms with Crippen LogP contribution in [0.15, 0.2) is 41.3 Å². The fourth-order valence-electron chi connectivity index (χ4n) is 1.22. The average molecular weight is 313 g/mol. The van der Waals surface area contributed by atoms with Crippen molar-refractivity contribution in [2.45, 2.75) is 0 Å². The van der Waals surface area contributed by atoms with E-state index in [0.717, 1.165) is 0 Å². The van der Waals surface area contributed by atoms with Crippen molar-refractivity contribution in [3.8, 4) is 0 Å². The molecule has 2 aromatic rings.